The first kappa shape index (κ1) is 18.2. The Labute approximate surface area is 157 Å². The Balaban J connectivity index is 1.61. The maximum absolute atomic E-state index is 12.4. The summed E-state index contributed by atoms with van der Waals surface area (Å²) in [5.74, 6) is -0.381. The van der Waals surface area contributed by atoms with E-state index in [0.29, 0.717) is 36.9 Å². The first-order valence-corrected chi connectivity index (χ1v) is 8.82. The molecule has 136 valence electrons. The molecule has 3 N–H and O–H groups in total. The number of nitrogens with zero attached hydrogens (tertiary/aromatic N) is 2. The van der Waals surface area contributed by atoms with Gasteiger partial charge >= 0.3 is 6.03 Å². The quantitative estimate of drug-likeness (QED) is 0.866. The molecule has 26 heavy (non-hydrogen) atoms. The van der Waals surface area contributed by atoms with Crippen molar-refractivity contribution in [3.8, 4) is 0 Å². The van der Waals surface area contributed by atoms with Gasteiger partial charge < -0.3 is 16.0 Å². The van der Waals surface area contributed by atoms with E-state index >= 15 is 0 Å². The van der Waals surface area contributed by atoms with Crippen molar-refractivity contribution in [2.75, 3.05) is 31.5 Å². The third-order valence-corrected chi connectivity index (χ3v) is 4.66. The summed E-state index contributed by atoms with van der Waals surface area (Å²) in [6, 6.07) is 15.8. The van der Waals surface area contributed by atoms with E-state index in [2.05, 4.69) is 5.32 Å². The summed E-state index contributed by atoms with van der Waals surface area (Å²) in [4.78, 5) is 28.1. The predicted octanol–water partition coefficient (Wildman–Crippen LogP) is 2.72. The summed E-state index contributed by atoms with van der Waals surface area (Å²) in [5, 5.41) is 3.41. The molecule has 0 spiro atoms. The highest BCUT2D eigenvalue weighted by Crippen LogP contribution is 2.22. The molecule has 1 atom stereocenters. The van der Waals surface area contributed by atoms with Crippen molar-refractivity contribution in [3.05, 3.63) is 65.2 Å². The smallest absolute Gasteiger partial charge is 0.321 e. The number of urea groups is 1. The fraction of sp³-hybridized carbons (Fsp3) is 0.263. The molecule has 0 aromatic heterocycles. The Kier molecular flexibility index (Phi) is 5.75. The molecule has 1 saturated heterocycles. The molecule has 0 aliphatic carbocycles. The minimum absolute atomic E-state index is 0.178. The van der Waals surface area contributed by atoms with Crippen LogP contribution in [0.5, 0.6) is 0 Å². The van der Waals surface area contributed by atoms with Crippen molar-refractivity contribution < 1.29 is 9.59 Å². The van der Waals surface area contributed by atoms with Crippen LogP contribution in [-0.2, 0) is 4.79 Å². The number of rotatable bonds is 4. The second kappa shape index (κ2) is 8.21. The standard InChI is InChI=1S/C19H21ClN4O2/c20-15-7-4-8-16(13-15)22-19(26)24-11-9-23(10-12-24)17(18(21)25)14-5-2-1-3-6-14/h1-8,13,17H,9-12H2,(H2,21,25)(H,22,26)/t17-/m0/s1. The first-order valence-electron chi connectivity index (χ1n) is 8.44. The molecule has 3 rings (SSSR count). The lowest BCUT2D eigenvalue weighted by Gasteiger charge is -2.38. The van der Waals surface area contributed by atoms with Crippen molar-refractivity contribution in [2.24, 2.45) is 5.73 Å². The van der Waals surface area contributed by atoms with E-state index in [0.717, 1.165) is 5.56 Å². The maximum atomic E-state index is 12.4. The minimum atomic E-state index is -0.477. The van der Waals surface area contributed by atoms with Gasteiger partial charge in [-0.05, 0) is 23.8 Å². The van der Waals surface area contributed by atoms with Crippen molar-refractivity contribution in [2.45, 2.75) is 6.04 Å². The van der Waals surface area contributed by atoms with Crippen LogP contribution in [0.25, 0.3) is 0 Å². The summed E-state index contributed by atoms with van der Waals surface area (Å²) < 4.78 is 0. The van der Waals surface area contributed by atoms with Crippen LogP contribution in [0.4, 0.5) is 10.5 Å². The van der Waals surface area contributed by atoms with Crippen molar-refractivity contribution in [1.29, 1.82) is 0 Å². The Hall–Kier alpha value is -2.57. The summed E-state index contributed by atoms with van der Waals surface area (Å²) in [6.07, 6.45) is 0. The highest BCUT2D eigenvalue weighted by atomic mass is 35.5. The van der Waals surface area contributed by atoms with E-state index in [-0.39, 0.29) is 11.9 Å². The molecule has 2 aromatic carbocycles. The Morgan fingerprint density at radius 3 is 2.31 bits per heavy atom. The van der Waals surface area contributed by atoms with E-state index in [1.54, 1.807) is 29.2 Å². The number of nitrogens with two attached hydrogens (primary N) is 1. The van der Waals surface area contributed by atoms with Crippen LogP contribution in [0.2, 0.25) is 5.02 Å². The molecule has 6 nitrogen and oxygen atoms in total. The number of carbonyl (C=O) groups excluding carboxylic acids is 2. The molecular formula is C19H21ClN4O2. The average Bonchev–Trinajstić information content (AvgIpc) is 2.63. The van der Waals surface area contributed by atoms with Gasteiger partial charge in [0.25, 0.3) is 0 Å². The summed E-state index contributed by atoms with van der Waals surface area (Å²) >= 11 is 5.94. The molecule has 0 bridgehead atoms. The van der Waals surface area contributed by atoms with Crippen molar-refractivity contribution in [3.63, 3.8) is 0 Å². The molecule has 1 aliphatic rings. The number of anilines is 1. The van der Waals surface area contributed by atoms with E-state index in [9.17, 15) is 9.59 Å². The van der Waals surface area contributed by atoms with Gasteiger partial charge in [0.15, 0.2) is 0 Å². The van der Waals surface area contributed by atoms with Gasteiger partial charge in [-0.3, -0.25) is 9.69 Å². The molecule has 3 amide bonds. The highest BCUT2D eigenvalue weighted by Gasteiger charge is 2.30. The van der Waals surface area contributed by atoms with Crippen LogP contribution < -0.4 is 11.1 Å². The molecule has 0 saturated carbocycles. The van der Waals surface area contributed by atoms with Gasteiger partial charge in [-0.2, -0.15) is 0 Å². The number of piperazine rings is 1. The lowest BCUT2D eigenvalue weighted by molar-refractivity contribution is -0.124. The third-order valence-electron chi connectivity index (χ3n) is 4.43. The van der Waals surface area contributed by atoms with Gasteiger partial charge in [-0.25, -0.2) is 4.79 Å². The van der Waals surface area contributed by atoms with Gasteiger partial charge in [0.1, 0.15) is 6.04 Å². The largest absolute Gasteiger partial charge is 0.368 e. The lowest BCUT2D eigenvalue weighted by atomic mass is 10.0. The molecular weight excluding hydrogens is 352 g/mol. The number of primary amides is 1. The van der Waals surface area contributed by atoms with Crippen LogP contribution in [0, 0.1) is 0 Å². The molecule has 1 fully saturated rings. The Bertz CT molecular complexity index is 776. The number of benzene rings is 2. The normalized spacial score (nSPS) is 16.1. The van der Waals surface area contributed by atoms with Crippen LogP contribution in [0.1, 0.15) is 11.6 Å². The summed E-state index contributed by atoms with van der Waals surface area (Å²) in [7, 11) is 0. The van der Waals surface area contributed by atoms with Gasteiger partial charge in [0.2, 0.25) is 5.91 Å². The second-order valence-corrected chi connectivity index (χ2v) is 6.62. The monoisotopic (exact) mass is 372 g/mol. The van der Waals surface area contributed by atoms with Crippen molar-refractivity contribution in [1.82, 2.24) is 9.80 Å². The average molecular weight is 373 g/mol. The number of hydrogen-bond acceptors (Lipinski definition) is 3. The minimum Gasteiger partial charge on any atom is -0.368 e. The Morgan fingerprint density at radius 1 is 1.00 bits per heavy atom. The fourth-order valence-corrected chi connectivity index (χ4v) is 3.33. The van der Waals surface area contributed by atoms with Crippen LogP contribution in [0.15, 0.2) is 54.6 Å². The third kappa shape index (κ3) is 4.33. The van der Waals surface area contributed by atoms with Gasteiger partial charge in [0.05, 0.1) is 0 Å². The second-order valence-electron chi connectivity index (χ2n) is 6.18. The van der Waals surface area contributed by atoms with E-state index < -0.39 is 6.04 Å². The highest BCUT2D eigenvalue weighted by molar-refractivity contribution is 6.30. The summed E-state index contributed by atoms with van der Waals surface area (Å²) in [6.45, 7) is 2.18. The summed E-state index contributed by atoms with van der Waals surface area (Å²) in [5.41, 5.74) is 7.15. The fourth-order valence-electron chi connectivity index (χ4n) is 3.14. The predicted molar refractivity (Wildman–Crippen MR) is 102 cm³/mol. The van der Waals surface area contributed by atoms with Crippen LogP contribution in [0.3, 0.4) is 0 Å². The molecule has 1 aliphatic heterocycles. The zero-order chi connectivity index (χ0) is 18.5. The molecule has 0 unspecified atom stereocenters. The first-order chi connectivity index (χ1) is 12.5. The zero-order valence-corrected chi connectivity index (χ0v) is 15.0. The maximum Gasteiger partial charge on any atom is 0.321 e. The van der Waals surface area contributed by atoms with Gasteiger partial charge in [0, 0.05) is 36.9 Å². The molecule has 0 radical (unpaired) electrons. The van der Waals surface area contributed by atoms with Crippen molar-refractivity contribution >= 4 is 29.2 Å². The van der Waals surface area contributed by atoms with E-state index in [1.165, 1.54) is 0 Å². The number of halogens is 1. The lowest BCUT2D eigenvalue weighted by Crippen LogP contribution is -2.52. The number of nitrogens with one attached hydrogen (secondary N) is 1. The topological polar surface area (TPSA) is 78.7 Å². The van der Waals surface area contributed by atoms with E-state index in [1.807, 2.05) is 35.2 Å². The van der Waals surface area contributed by atoms with Crippen LogP contribution >= 0.6 is 11.6 Å². The number of amides is 3. The van der Waals surface area contributed by atoms with Crippen LogP contribution in [-0.4, -0.2) is 47.9 Å². The number of carbonyl (C=O) groups is 2. The number of hydrogen-bond donors (Lipinski definition) is 2. The van der Waals surface area contributed by atoms with Gasteiger partial charge in [-0.1, -0.05) is 48.0 Å². The molecule has 1 heterocycles. The molecule has 7 heteroatoms. The molecule has 2 aromatic rings. The SMILES string of the molecule is NC(=O)[C@H](c1ccccc1)N1CCN(C(=O)Nc2cccc(Cl)c2)CC1. The van der Waals surface area contributed by atoms with E-state index in [4.69, 9.17) is 17.3 Å². The van der Waals surface area contributed by atoms with Gasteiger partial charge in [-0.15, -0.1) is 0 Å². The Morgan fingerprint density at radius 2 is 1.69 bits per heavy atom. The zero-order valence-electron chi connectivity index (χ0n) is 14.3.